The Morgan fingerprint density at radius 1 is 1.19 bits per heavy atom. The number of benzene rings is 1. The molecular formula is C26H34N4O2. The van der Waals surface area contributed by atoms with Gasteiger partial charge in [0, 0.05) is 44.0 Å². The molecule has 1 saturated carbocycles. The lowest BCUT2D eigenvalue weighted by atomic mass is 9.74. The van der Waals surface area contributed by atoms with Gasteiger partial charge in [0.25, 0.3) is 0 Å². The first-order valence-corrected chi connectivity index (χ1v) is 12.2. The van der Waals surface area contributed by atoms with Crippen molar-refractivity contribution in [2.75, 3.05) is 33.2 Å². The number of fused-ring (bicyclic) bond motifs is 2. The van der Waals surface area contributed by atoms with Crippen molar-refractivity contribution in [3.63, 3.8) is 0 Å². The van der Waals surface area contributed by atoms with Gasteiger partial charge >= 0.3 is 0 Å². The van der Waals surface area contributed by atoms with Crippen LogP contribution in [0.3, 0.4) is 0 Å². The fourth-order valence-corrected chi connectivity index (χ4v) is 5.70. The molecule has 6 nitrogen and oxygen atoms in total. The fourth-order valence-electron chi connectivity index (χ4n) is 5.70. The Morgan fingerprint density at radius 2 is 2.00 bits per heavy atom. The number of amides is 1. The van der Waals surface area contributed by atoms with Crippen LogP contribution >= 0.6 is 0 Å². The summed E-state index contributed by atoms with van der Waals surface area (Å²) in [7, 11) is 1.98. The minimum Gasteiger partial charge on any atom is -0.366 e. The number of nitrogens with zero attached hydrogens (tertiary/aromatic N) is 4. The predicted molar refractivity (Wildman–Crippen MR) is 124 cm³/mol. The molecular weight excluding hydrogens is 400 g/mol. The van der Waals surface area contributed by atoms with E-state index >= 15 is 0 Å². The highest BCUT2D eigenvalue weighted by Gasteiger charge is 2.44. The summed E-state index contributed by atoms with van der Waals surface area (Å²) in [5.74, 6) is 0.437. The highest BCUT2D eigenvalue weighted by molar-refractivity contribution is 5.78. The molecule has 1 amide bonds. The number of rotatable bonds is 5. The number of aromatic nitrogens is 2. The molecule has 2 aromatic rings. The van der Waals surface area contributed by atoms with Crippen molar-refractivity contribution >= 4 is 5.91 Å². The fraction of sp³-hybridized carbons (Fsp3) is 0.577. The molecule has 1 saturated heterocycles. The van der Waals surface area contributed by atoms with Gasteiger partial charge in [-0.1, -0.05) is 18.6 Å². The first kappa shape index (κ1) is 21.5. The van der Waals surface area contributed by atoms with Gasteiger partial charge in [-0.15, -0.1) is 0 Å². The van der Waals surface area contributed by atoms with Crippen molar-refractivity contribution in [3.05, 3.63) is 47.9 Å². The second kappa shape index (κ2) is 9.28. The maximum absolute atomic E-state index is 13.1. The summed E-state index contributed by atoms with van der Waals surface area (Å²) in [6.07, 6.45) is 12.8. The Balaban J connectivity index is 1.19. The van der Waals surface area contributed by atoms with Crippen LogP contribution in [-0.2, 0) is 21.7 Å². The summed E-state index contributed by atoms with van der Waals surface area (Å²) in [5.41, 5.74) is 4.29. The number of hydrogen-bond donors (Lipinski definition) is 0. The second-order valence-electron chi connectivity index (χ2n) is 9.68. The zero-order chi connectivity index (χ0) is 22.0. The summed E-state index contributed by atoms with van der Waals surface area (Å²) in [5, 5.41) is 0. The minimum atomic E-state index is -0.223. The number of piperidine rings is 1. The number of likely N-dealkylation sites (N-methyl/N-ethyl adjacent to an activating group) is 1. The van der Waals surface area contributed by atoms with E-state index in [1.807, 2.05) is 11.9 Å². The average molecular weight is 435 g/mol. The zero-order valence-electron chi connectivity index (χ0n) is 19.1. The van der Waals surface area contributed by atoms with Crippen LogP contribution in [0.5, 0.6) is 0 Å². The molecule has 2 fully saturated rings. The van der Waals surface area contributed by atoms with E-state index in [2.05, 4.69) is 33.1 Å². The first-order valence-electron chi connectivity index (χ1n) is 12.2. The van der Waals surface area contributed by atoms with Gasteiger partial charge in [0.15, 0.2) is 0 Å². The van der Waals surface area contributed by atoms with E-state index in [1.165, 1.54) is 43.5 Å². The number of carbonyl (C=O) groups is 1. The first-order chi connectivity index (χ1) is 15.6. The topological polar surface area (TPSA) is 58.6 Å². The van der Waals surface area contributed by atoms with E-state index in [-0.39, 0.29) is 11.5 Å². The minimum absolute atomic E-state index is 0.124. The van der Waals surface area contributed by atoms with Crippen molar-refractivity contribution in [2.45, 2.75) is 57.2 Å². The van der Waals surface area contributed by atoms with Gasteiger partial charge < -0.3 is 14.5 Å². The maximum Gasteiger partial charge on any atom is 0.225 e. The highest BCUT2D eigenvalue weighted by atomic mass is 16.5. The van der Waals surface area contributed by atoms with Crippen LogP contribution in [0.4, 0.5) is 0 Å². The van der Waals surface area contributed by atoms with Crippen molar-refractivity contribution in [2.24, 2.45) is 5.92 Å². The van der Waals surface area contributed by atoms with Gasteiger partial charge in [0.05, 0.1) is 24.1 Å². The molecule has 170 valence electrons. The van der Waals surface area contributed by atoms with Gasteiger partial charge in [-0.2, -0.15) is 0 Å². The predicted octanol–water partition coefficient (Wildman–Crippen LogP) is 4.00. The number of hydrogen-bond acceptors (Lipinski definition) is 5. The molecule has 0 unspecified atom stereocenters. The molecule has 0 bridgehead atoms. The number of ether oxygens (including phenoxy) is 1. The van der Waals surface area contributed by atoms with Gasteiger partial charge in [0.2, 0.25) is 5.91 Å². The van der Waals surface area contributed by atoms with E-state index in [9.17, 15) is 4.79 Å². The second-order valence-corrected chi connectivity index (χ2v) is 9.68. The van der Waals surface area contributed by atoms with Crippen molar-refractivity contribution in [1.29, 1.82) is 0 Å². The monoisotopic (exact) mass is 434 g/mol. The molecule has 32 heavy (non-hydrogen) atoms. The molecule has 2 aliphatic heterocycles. The summed E-state index contributed by atoms with van der Waals surface area (Å²) in [6, 6.07) is 6.53. The molecule has 1 aromatic carbocycles. The van der Waals surface area contributed by atoms with E-state index in [1.54, 1.807) is 18.6 Å². The van der Waals surface area contributed by atoms with E-state index in [0.29, 0.717) is 12.5 Å². The quantitative estimate of drug-likeness (QED) is 0.712. The van der Waals surface area contributed by atoms with Crippen LogP contribution in [0.1, 0.15) is 56.1 Å². The molecule has 0 N–H and O–H groups in total. The number of likely N-dealkylation sites (tertiary alicyclic amines) is 1. The molecule has 1 aromatic heterocycles. The number of carbonyl (C=O) groups excluding carboxylic acids is 1. The van der Waals surface area contributed by atoms with E-state index < -0.39 is 0 Å². The lowest BCUT2D eigenvalue weighted by Crippen LogP contribution is -2.42. The van der Waals surface area contributed by atoms with Crippen molar-refractivity contribution in [3.8, 4) is 11.3 Å². The van der Waals surface area contributed by atoms with Gasteiger partial charge in [-0.25, -0.2) is 0 Å². The third-order valence-electron chi connectivity index (χ3n) is 7.68. The average Bonchev–Trinajstić information content (AvgIpc) is 3.21. The SMILES string of the molecule is CN(CCN1CCCCC1)C(=O)C1CCC2(CC1)OCc1cc(-c3cnccn3)ccc12. The lowest BCUT2D eigenvalue weighted by molar-refractivity contribution is -0.139. The molecule has 3 aliphatic rings. The van der Waals surface area contributed by atoms with E-state index in [0.717, 1.165) is 50.0 Å². The Labute approximate surface area is 191 Å². The lowest BCUT2D eigenvalue weighted by Gasteiger charge is -2.38. The Kier molecular flexibility index (Phi) is 6.24. The standard InChI is InChI=1S/C26H34N4O2/c1-29(15-16-30-13-3-2-4-14-30)25(31)20-7-9-26(10-8-20)23-6-5-21(17-22(23)19-32-26)24-18-27-11-12-28-24/h5-6,11-12,17-18,20H,2-4,7-10,13-16,19H2,1H3. The molecule has 0 atom stereocenters. The molecule has 1 aliphatic carbocycles. The molecule has 1 spiro atoms. The Hall–Kier alpha value is -2.31. The molecule has 0 radical (unpaired) electrons. The zero-order valence-corrected chi connectivity index (χ0v) is 19.1. The smallest absolute Gasteiger partial charge is 0.225 e. The van der Waals surface area contributed by atoms with E-state index in [4.69, 9.17) is 4.74 Å². The highest BCUT2D eigenvalue weighted by Crippen LogP contribution is 2.49. The summed E-state index contributed by atoms with van der Waals surface area (Å²) >= 11 is 0. The van der Waals surface area contributed by atoms with Gasteiger partial charge in [0.1, 0.15) is 0 Å². The van der Waals surface area contributed by atoms with Crippen LogP contribution in [0, 0.1) is 5.92 Å². The third-order valence-corrected chi connectivity index (χ3v) is 7.68. The Morgan fingerprint density at radius 3 is 2.75 bits per heavy atom. The summed E-state index contributed by atoms with van der Waals surface area (Å²) < 4.78 is 6.39. The third kappa shape index (κ3) is 4.30. The van der Waals surface area contributed by atoms with Crippen molar-refractivity contribution in [1.82, 2.24) is 19.8 Å². The largest absolute Gasteiger partial charge is 0.366 e. The normalized spacial score (nSPS) is 25.6. The van der Waals surface area contributed by atoms with Crippen LogP contribution in [0.25, 0.3) is 11.3 Å². The van der Waals surface area contributed by atoms with Crippen molar-refractivity contribution < 1.29 is 9.53 Å². The summed E-state index contributed by atoms with van der Waals surface area (Å²) in [4.78, 5) is 26.1. The van der Waals surface area contributed by atoms with Gasteiger partial charge in [-0.05, 0) is 68.8 Å². The van der Waals surface area contributed by atoms with Gasteiger partial charge in [-0.3, -0.25) is 14.8 Å². The molecule has 3 heterocycles. The van der Waals surface area contributed by atoms with Crippen LogP contribution in [-0.4, -0.2) is 58.9 Å². The molecule has 5 rings (SSSR count). The van der Waals surface area contributed by atoms with Crippen LogP contribution in [0.15, 0.2) is 36.8 Å². The maximum atomic E-state index is 13.1. The van der Waals surface area contributed by atoms with Crippen LogP contribution in [0.2, 0.25) is 0 Å². The van der Waals surface area contributed by atoms with Crippen LogP contribution < -0.4 is 0 Å². The molecule has 6 heteroatoms. The Bertz CT molecular complexity index is 934. The summed E-state index contributed by atoms with van der Waals surface area (Å²) in [6.45, 7) is 4.85.